The van der Waals surface area contributed by atoms with E-state index in [4.69, 9.17) is 4.42 Å². The molecule has 0 amide bonds. The lowest BCUT2D eigenvalue weighted by Gasteiger charge is -2.28. The van der Waals surface area contributed by atoms with Crippen molar-refractivity contribution in [2.24, 2.45) is 0 Å². The monoisotopic (exact) mass is 884 g/mol. The number of para-hydroxylation sites is 3. The maximum Gasteiger partial charge on any atom is 0.136 e. The number of fused-ring (bicyclic) bond motifs is 10. The van der Waals surface area contributed by atoms with Crippen molar-refractivity contribution in [1.29, 1.82) is 0 Å². The van der Waals surface area contributed by atoms with Gasteiger partial charge in [-0.15, -0.1) is 11.3 Å². The fourth-order valence-corrected chi connectivity index (χ4v) is 11.9. The molecule has 11 aromatic carbocycles. The average molecular weight is 885 g/mol. The maximum atomic E-state index is 6.61. The first-order chi connectivity index (χ1) is 33.7. The van der Waals surface area contributed by atoms with Gasteiger partial charge in [0.25, 0.3) is 0 Å². The smallest absolute Gasteiger partial charge is 0.136 e. The van der Waals surface area contributed by atoms with Gasteiger partial charge in [0.1, 0.15) is 11.2 Å². The summed E-state index contributed by atoms with van der Waals surface area (Å²) in [6.07, 6.45) is 0. The van der Waals surface area contributed by atoms with Crippen LogP contribution in [0.2, 0.25) is 0 Å². The van der Waals surface area contributed by atoms with E-state index in [1.165, 1.54) is 63.9 Å². The van der Waals surface area contributed by atoms with Crippen molar-refractivity contribution in [3.8, 4) is 39.1 Å². The number of hydrogen-bond acceptors (Lipinski definition) is 3. The third-order valence-corrected chi connectivity index (χ3v) is 15.0. The van der Waals surface area contributed by atoms with E-state index in [2.05, 4.69) is 252 Å². The van der Waals surface area contributed by atoms with Crippen LogP contribution >= 0.6 is 11.3 Å². The Bertz CT molecular complexity index is 4210. The fraction of sp³-hybridized carbons (Fsp3) is 0. The number of thiophene rings is 1. The summed E-state index contributed by atoms with van der Waals surface area (Å²) in [6, 6.07) is 88.2. The Labute approximate surface area is 396 Å². The van der Waals surface area contributed by atoms with Gasteiger partial charge >= 0.3 is 0 Å². The highest BCUT2D eigenvalue weighted by molar-refractivity contribution is 7.26. The van der Waals surface area contributed by atoms with E-state index in [0.717, 1.165) is 66.9 Å². The molecule has 0 N–H and O–H groups in total. The molecule has 0 saturated heterocycles. The van der Waals surface area contributed by atoms with Gasteiger partial charge in [-0.05, 0) is 117 Å². The van der Waals surface area contributed by atoms with Gasteiger partial charge in [-0.3, -0.25) is 0 Å². The first kappa shape index (κ1) is 38.6. The van der Waals surface area contributed by atoms with Crippen LogP contribution in [-0.2, 0) is 0 Å². The molecule has 318 valence electrons. The number of nitrogens with zero attached hydrogens (tertiary/aromatic N) is 2. The van der Waals surface area contributed by atoms with E-state index in [9.17, 15) is 0 Å². The molecule has 0 bridgehead atoms. The Morgan fingerprint density at radius 3 is 1.74 bits per heavy atom. The van der Waals surface area contributed by atoms with Gasteiger partial charge in [-0.25, -0.2) is 0 Å². The predicted octanol–water partition coefficient (Wildman–Crippen LogP) is 18.7. The summed E-state index contributed by atoms with van der Waals surface area (Å²) in [4.78, 5) is 2.41. The second kappa shape index (κ2) is 15.5. The minimum Gasteiger partial charge on any atom is -0.456 e. The first-order valence-corrected chi connectivity index (χ1v) is 24.0. The molecule has 0 aliphatic heterocycles. The van der Waals surface area contributed by atoms with E-state index in [-0.39, 0.29) is 0 Å². The summed E-state index contributed by atoms with van der Waals surface area (Å²) in [5.41, 5.74) is 15.5. The second-order valence-electron chi connectivity index (χ2n) is 17.6. The Hall–Kier alpha value is -8.70. The molecule has 0 spiro atoms. The number of aromatic nitrogens is 1. The normalized spacial score (nSPS) is 11.8. The lowest BCUT2D eigenvalue weighted by Crippen LogP contribution is -2.11. The quantitative estimate of drug-likeness (QED) is 0.159. The lowest BCUT2D eigenvalue weighted by atomic mass is 9.96. The number of rotatable bonds is 7. The standard InChI is InChI=1S/C64H40N2OS/c1-2-15-45-40-61-56(39-44(45)14-1)63-54(23-13-28-60(63)67-61)52-20-5-7-25-57(52)65(47-36-32-42(33-37-47)49-22-12-24-55-53-21-6-10-29-62(53)68-64(49)55)46-34-30-41(31-35-46)43-16-11-17-48(38-43)66-58-26-8-3-18-50(58)51-19-4-9-27-59(51)66/h1-40H. The molecule has 68 heavy (non-hydrogen) atoms. The average Bonchev–Trinajstić information content (AvgIpc) is 4.08. The van der Waals surface area contributed by atoms with Crippen LogP contribution in [0.4, 0.5) is 17.1 Å². The molecule has 3 heterocycles. The van der Waals surface area contributed by atoms with Gasteiger partial charge < -0.3 is 13.9 Å². The number of hydrogen-bond donors (Lipinski definition) is 0. The summed E-state index contributed by atoms with van der Waals surface area (Å²) in [6.45, 7) is 0. The summed E-state index contributed by atoms with van der Waals surface area (Å²) in [7, 11) is 0. The summed E-state index contributed by atoms with van der Waals surface area (Å²) < 4.78 is 11.6. The third kappa shape index (κ3) is 6.12. The van der Waals surface area contributed by atoms with Gasteiger partial charge in [0.15, 0.2) is 0 Å². The van der Waals surface area contributed by atoms with Crippen molar-refractivity contribution in [2.45, 2.75) is 0 Å². The zero-order chi connectivity index (χ0) is 44.7. The van der Waals surface area contributed by atoms with E-state index in [1.807, 2.05) is 11.3 Å². The zero-order valence-electron chi connectivity index (χ0n) is 36.8. The Morgan fingerprint density at radius 2 is 0.956 bits per heavy atom. The molecule has 0 radical (unpaired) electrons. The molecule has 0 aliphatic rings. The first-order valence-electron chi connectivity index (χ1n) is 23.2. The third-order valence-electron chi connectivity index (χ3n) is 13.8. The minimum atomic E-state index is 0.876. The molecule has 0 atom stereocenters. The van der Waals surface area contributed by atoms with Gasteiger partial charge in [-0.1, -0.05) is 164 Å². The molecule has 0 fully saturated rings. The molecule has 0 unspecified atom stereocenters. The van der Waals surface area contributed by atoms with Crippen LogP contribution in [0.25, 0.3) is 114 Å². The number of furan rings is 1. The van der Waals surface area contributed by atoms with E-state index in [1.54, 1.807) is 0 Å². The maximum absolute atomic E-state index is 6.61. The largest absolute Gasteiger partial charge is 0.456 e. The Balaban J connectivity index is 0.915. The topological polar surface area (TPSA) is 21.3 Å². The zero-order valence-corrected chi connectivity index (χ0v) is 37.6. The van der Waals surface area contributed by atoms with Crippen LogP contribution in [-0.4, -0.2) is 4.57 Å². The summed E-state index contributed by atoms with van der Waals surface area (Å²) in [5.74, 6) is 0. The fourth-order valence-electron chi connectivity index (χ4n) is 10.7. The number of benzene rings is 11. The highest BCUT2D eigenvalue weighted by atomic mass is 32.1. The number of anilines is 3. The van der Waals surface area contributed by atoms with Crippen molar-refractivity contribution in [3.63, 3.8) is 0 Å². The van der Waals surface area contributed by atoms with Gasteiger partial charge in [0.2, 0.25) is 0 Å². The molecule has 14 rings (SSSR count). The van der Waals surface area contributed by atoms with Crippen molar-refractivity contribution in [2.75, 3.05) is 4.90 Å². The molecular weight excluding hydrogens is 845 g/mol. The van der Waals surface area contributed by atoms with E-state index >= 15 is 0 Å². The minimum absolute atomic E-state index is 0.876. The lowest BCUT2D eigenvalue weighted by molar-refractivity contribution is 0.669. The van der Waals surface area contributed by atoms with Crippen LogP contribution in [0, 0.1) is 0 Å². The summed E-state index contributed by atoms with van der Waals surface area (Å²) >= 11 is 1.87. The second-order valence-corrected chi connectivity index (χ2v) is 18.7. The van der Waals surface area contributed by atoms with Crippen LogP contribution < -0.4 is 4.90 Å². The van der Waals surface area contributed by atoms with Gasteiger partial charge in [-0.2, -0.15) is 0 Å². The van der Waals surface area contributed by atoms with Crippen LogP contribution in [0.3, 0.4) is 0 Å². The SMILES string of the molecule is c1cc(-c2ccc(N(c3ccc(-c4cccc5c4sc4ccccc45)cc3)c3ccccc3-c3cccc4oc5cc6ccccc6cc5c34)cc2)cc(-n2c3ccccc3c3ccccc32)c1. The molecule has 3 aromatic heterocycles. The van der Waals surface area contributed by atoms with Gasteiger partial charge in [0, 0.05) is 64.3 Å². The predicted molar refractivity (Wildman–Crippen MR) is 289 cm³/mol. The highest BCUT2D eigenvalue weighted by Crippen LogP contribution is 2.47. The van der Waals surface area contributed by atoms with Crippen LogP contribution in [0.1, 0.15) is 0 Å². The summed E-state index contributed by atoms with van der Waals surface area (Å²) in [5, 5.41) is 9.72. The molecule has 4 heteroatoms. The molecule has 0 saturated carbocycles. The van der Waals surface area contributed by atoms with Crippen molar-refractivity contribution >= 4 is 103 Å². The van der Waals surface area contributed by atoms with E-state index in [0.29, 0.717) is 0 Å². The molecule has 3 nitrogen and oxygen atoms in total. The van der Waals surface area contributed by atoms with E-state index < -0.39 is 0 Å². The van der Waals surface area contributed by atoms with Gasteiger partial charge in [0.05, 0.1) is 16.7 Å². The molecule has 0 aliphatic carbocycles. The van der Waals surface area contributed by atoms with Crippen molar-refractivity contribution in [1.82, 2.24) is 4.57 Å². The Morgan fingerprint density at radius 1 is 0.368 bits per heavy atom. The van der Waals surface area contributed by atoms with Crippen LogP contribution in [0.15, 0.2) is 247 Å². The molecular formula is C64H40N2OS. The highest BCUT2D eigenvalue weighted by Gasteiger charge is 2.22. The van der Waals surface area contributed by atoms with Crippen molar-refractivity contribution < 1.29 is 4.42 Å². The molecule has 14 aromatic rings. The Kier molecular flexibility index (Phi) is 8.76. The van der Waals surface area contributed by atoms with Crippen LogP contribution in [0.5, 0.6) is 0 Å². The van der Waals surface area contributed by atoms with Crippen molar-refractivity contribution in [3.05, 3.63) is 243 Å².